The van der Waals surface area contributed by atoms with Crippen LogP contribution in [0.15, 0.2) is 48.5 Å². The number of ether oxygens (including phenoxy) is 1. The highest BCUT2D eigenvalue weighted by Gasteiger charge is 1.97. The zero-order valence-corrected chi connectivity index (χ0v) is 10.7. The van der Waals surface area contributed by atoms with Crippen LogP contribution in [0.1, 0.15) is 16.7 Å². The van der Waals surface area contributed by atoms with E-state index in [-0.39, 0.29) is 0 Å². The first kappa shape index (κ1) is 12.7. The molecule has 0 N–H and O–H groups in total. The maximum Gasteiger partial charge on any atom is 0.120 e. The molecule has 0 atom stereocenters. The van der Waals surface area contributed by atoms with Crippen molar-refractivity contribution in [3.8, 4) is 23.7 Å². The Kier molecular flexibility index (Phi) is 4.21. The van der Waals surface area contributed by atoms with Gasteiger partial charge in [0.05, 0.1) is 19.6 Å². The van der Waals surface area contributed by atoms with E-state index in [1.165, 1.54) is 0 Å². The van der Waals surface area contributed by atoms with Crippen molar-refractivity contribution in [2.45, 2.75) is 6.42 Å². The van der Waals surface area contributed by atoms with Gasteiger partial charge in [0.25, 0.3) is 0 Å². The van der Waals surface area contributed by atoms with E-state index in [9.17, 15) is 0 Å². The van der Waals surface area contributed by atoms with Crippen LogP contribution in [0.25, 0.3) is 0 Å². The summed E-state index contributed by atoms with van der Waals surface area (Å²) < 4.78 is 5.16. The van der Waals surface area contributed by atoms with Gasteiger partial charge in [-0.25, -0.2) is 0 Å². The second-order valence-corrected chi connectivity index (χ2v) is 3.97. The van der Waals surface area contributed by atoms with E-state index >= 15 is 0 Å². The monoisotopic (exact) mass is 247 g/mol. The number of nitrogens with zero attached hydrogens (tertiary/aromatic N) is 1. The Morgan fingerprint density at radius 3 is 2.68 bits per heavy atom. The van der Waals surface area contributed by atoms with Crippen molar-refractivity contribution in [2.24, 2.45) is 0 Å². The summed E-state index contributed by atoms with van der Waals surface area (Å²) >= 11 is 0. The molecule has 0 radical (unpaired) electrons. The van der Waals surface area contributed by atoms with Crippen LogP contribution < -0.4 is 4.74 Å². The minimum absolute atomic E-state index is 0.378. The fourth-order valence-corrected chi connectivity index (χ4v) is 1.72. The molecule has 0 bridgehead atoms. The molecule has 0 fully saturated rings. The quantitative estimate of drug-likeness (QED) is 0.764. The van der Waals surface area contributed by atoms with Crippen LogP contribution in [-0.2, 0) is 6.42 Å². The smallest absolute Gasteiger partial charge is 0.120 e. The van der Waals surface area contributed by atoms with Gasteiger partial charge in [0.15, 0.2) is 0 Å². The van der Waals surface area contributed by atoms with Gasteiger partial charge in [0.1, 0.15) is 5.75 Å². The molecular formula is C17H13NO. The highest BCUT2D eigenvalue weighted by atomic mass is 16.5. The van der Waals surface area contributed by atoms with Crippen molar-refractivity contribution in [2.75, 3.05) is 7.11 Å². The minimum Gasteiger partial charge on any atom is -0.497 e. The van der Waals surface area contributed by atoms with Gasteiger partial charge in [-0.15, -0.1) is 0 Å². The predicted octanol–water partition coefficient (Wildman–Crippen LogP) is 3.16. The SMILES string of the molecule is COc1cccc(C#Cc2ccccc2CC#N)c1. The Hall–Kier alpha value is -2.71. The Labute approximate surface area is 113 Å². The molecule has 0 aromatic heterocycles. The molecule has 2 aromatic carbocycles. The first-order valence-electron chi connectivity index (χ1n) is 5.94. The molecule has 2 aromatic rings. The fourth-order valence-electron chi connectivity index (χ4n) is 1.72. The Morgan fingerprint density at radius 1 is 1.05 bits per heavy atom. The van der Waals surface area contributed by atoms with Crippen molar-refractivity contribution in [1.82, 2.24) is 0 Å². The molecule has 0 unspecified atom stereocenters. The van der Waals surface area contributed by atoms with E-state index < -0.39 is 0 Å². The van der Waals surface area contributed by atoms with E-state index in [1.807, 2.05) is 48.5 Å². The average Bonchev–Trinajstić information content (AvgIpc) is 2.47. The van der Waals surface area contributed by atoms with Crippen LogP contribution in [0.4, 0.5) is 0 Å². The van der Waals surface area contributed by atoms with Crippen LogP contribution in [-0.4, -0.2) is 7.11 Å². The number of methoxy groups -OCH3 is 1. The van der Waals surface area contributed by atoms with Crippen LogP contribution in [0, 0.1) is 23.2 Å². The largest absolute Gasteiger partial charge is 0.497 e. The average molecular weight is 247 g/mol. The molecule has 0 saturated heterocycles. The molecule has 2 heteroatoms. The molecule has 0 aliphatic carbocycles. The topological polar surface area (TPSA) is 33.0 Å². The lowest BCUT2D eigenvalue weighted by molar-refractivity contribution is 0.414. The summed E-state index contributed by atoms with van der Waals surface area (Å²) in [4.78, 5) is 0. The van der Waals surface area contributed by atoms with Gasteiger partial charge in [-0.05, 0) is 29.8 Å². The predicted molar refractivity (Wildman–Crippen MR) is 74.7 cm³/mol. The molecule has 2 rings (SSSR count). The number of hydrogen-bond acceptors (Lipinski definition) is 2. The lowest BCUT2D eigenvalue weighted by atomic mass is 10.1. The third-order valence-corrected chi connectivity index (χ3v) is 2.70. The number of nitriles is 1. The molecule has 2 nitrogen and oxygen atoms in total. The lowest BCUT2D eigenvalue weighted by Gasteiger charge is -1.99. The van der Waals surface area contributed by atoms with E-state index in [4.69, 9.17) is 10.00 Å². The minimum atomic E-state index is 0.378. The van der Waals surface area contributed by atoms with Gasteiger partial charge in [-0.3, -0.25) is 0 Å². The van der Waals surface area contributed by atoms with Gasteiger partial charge in [0, 0.05) is 11.1 Å². The highest BCUT2D eigenvalue weighted by molar-refractivity contribution is 5.48. The molecule has 19 heavy (non-hydrogen) atoms. The van der Waals surface area contributed by atoms with Crippen molar-refractivity contribution < 1.29 is 4.74 Å². The fraction of sp³-hybridized carbons (Fsp3) is 0.118. The van der Waals surface area contributed by atoms with Gasteiger partial charge in [0.2, 0.25) is 0 Å². The number of rotatable bonds is 2. The van der Waals surface area contributed by atoms with Crippen molar-refractivity contribution in [1.29, 1.82) is 5.26 Å². The van der Waals surface area contributed by atoms with Crippen molar-refractivity contribution >= 4 is 0 Å². The zero-order chi connectivity index (χ0) is 13.5. The van der Waals surface area contributed by atoms with E-state index in [2.05, 4.69) is 17.9 Å². The molecule has 0 amide bonds. The molecule has 0 saturated carbocycles. The van der Waals surface area contributed by atoms with Crippen LogP contribution >= 0.6 is 0 Å². The summed E-state index contributed by atoms with van der Waals surface area (Å²) in [5, 5.41) is 8.78. The summed E-state index contributed by atoms with van der Waals surface area (Å²) in [6, 6.07) is 17.5. The second kappa shape index (κ2) is 6.28. The number of hydrogen-bond donors (Lipinski definition) is 0. The zero-order valence-electron chi connectivity index (χ0n) is 10.7. The van der Waals surface area contributed by atoms with E-state index in [0.29, 0.717) is 6.42 Å². The van der Waals surface area contributed by atoms with Crippen LogP contribution in [0.2, 0.25) is 0 Å². The summed E-state index contributed by atoms with van der Waals surface area (Å²) in [5.41, 5.74) is 2.75. The van der Waals surface area contributed by atoms with E-state index in [1.54, 1.807) is 7.11 Å². The summed E-state index contributed by atoms with van der Waals surface area (Å²) in [7, 11) is 1.63. The van der Waals surface area contributed by atoms with Gasteiger partial charge in [-0.1, -0.05) is 36.1 Å². The van der Waals surface area contributed by atoms with Gasteiger partial charge < -0.3 is 4.74 Å². The molecular weight excluding hydrogens is 234 g/mol. The summed E-state index contributed by atoms with van der Waals surface area (Å²) in [5.74, 6) is 6.99. The summed E-state index contributed by atoms with van der Waals surface area (Å²) in [6.07, 6.45) is 0.378. The molecule has 0 aliphatic rings. The Morgan fingerprint density at radius 2 is 1.89 bits per heavy atom. The third kappa shape index (κ3) is 3.37. The van der Waals surface area contributed by atoms with Crippen molar-refractivity contribution in [3.05, 3.63) is 65.2 Å². The van der Waals surface area contributed by atoms with Crippen LogP contribution in [0.3, 0.4) is 0 Å². The van der Waals surface area contributed by atoms with Crippen molar-refractivity contribution in [3.63, 3.8) is 0 Å². The maximum atomic E-state index is 8.78. The second-order valence-electron chi connectivity index (χ2n) is 3.97. The highest BCUT2D eigenvalue weighted by Crippen LogP contribution is 2.12. The van der Waals surface area contributed by atoms with Gasteiger partial charge in [-0.2, -0.15) is 5.26 Å². The molecule has 0 aliphatic heterocycles. The van der Waals surface area contributed by atoms with E-state index in [0.717, 1.165) is 22.4 Å². The van der Waals surface area contributed by atoms with Crippen LogP contribution in [0.5, 0.6) is 5.75 Å². The first-order chi connectivity index (χ1) is 9.33. The van der Waals surface area contributed by atoms with Gasteiger partial charge >= 0.3 is 0 Å². The molecule has 92 valence electrons. The lowest BCUT2D eigenvalue weighted by Crippen LogP contribution is -1.87. The first-order valence-corrected chi connectivity index (χ1v) is 5.94. The Bertz CT molecular complexity index is 671. The molecule has 0 heterocycles. The third-order valence-electron chi connectivity index (χ3n) is 2.70. The summed E-state index contributed by atoms with van der Waals surface area (Å²) in [6.45, 7) is 0. The molecule has 0 spiro atoms. The standard InChI is InChI=1S/C17H13NO/c1-19-17-8-4-5-14(13-17)9-10-15-6-2-3-7-16(15)11-12-18/h2-8,13H,11H2,1H3. The maximum absolute atomic E-state index is 8.78. The Balaban J connectivity index is 2.31. The number of benzene rings is 2. The normalized spacial score (nSPS) is 9.05.